The highest BCUT2D eigenvalue weighted by atomic mass is 32.2. The van der Waals surface area contributed by atoms with Crippen LogP contribution in [0.1, 0.15) is 48.5 Å². The monoisotopic (exact) mass is 465 g/mol. The molecule has 1 aromatic rings. The van der Waals surface area contributed by atoms with Crippen molar-refractivity contribution in [2.75, 3.05) is 31.9 Å². The molecule has 0 spiro atoms. The summed E-state index contributed by atoms with van der Waals surface area (Å²) in [4.78, 5) is 13.8. The lowest BCUT2D eigenvalue weighted by molar-refractivity contribution is -0.0869. The summed E-state index contributed by atoms with van der Waals surface area (Å²) in [5.41, 5.74) is 4.50. The van der Waals surface area contributed by atoms with Gasteiger partial charge >= 0.3 is 0 Å². The number of nitrogens with two attached hydrogens (primary N) is 1. The molecule has 1 aliphatic heterocycles. The number of benzene rings is 1. The summed E-state index contributed by atoms with van der Waals surface area (Å²) in [6, 6.07) is 1.64. The Morgan fingerprint density at radius 3 is 2.10 bits per heavy atom. The van der Waals surface area contributed by atoms with Crippen molar-refractivity contribution in [3.8, 4) is 0 Å². The van der Waals surface area contributed by atoms with Crippen LogP contribution in [-0.4, -0.2) is 66.9 Å². The van der Waals surface area contributed by atoms with Gasteiger partial charge in [0.25, 0.3) is 0 Å². The van der Waals surface area contributed by atoms with Crippen molar-refractivity contribution in [3.63, 3.8) is 0 Å². The zero-order valence-electron chi connectivity index (χ0n) is 17.3. The second kappa shape index (κ2) is 8.67. The van der Waals surface area contributed by atoms with Gasteiger partial charge in [-0.2, -0.15) is 4.31 Å². The molecule has 2 aliphatic rings. The summed E-state index contributed by atoms with van der Waals surface area (Å²) >= 11 is 0. The maximum absolute atomic E-state index is 14.0. The van der Waals surface area contributed by atoms with Crippen molar-refractivity contribution >= 4 is 15.9 Å². The molecule has 31 heavy (non-hydrogen) atoms. The summed E-state index contributed by atoms with van der Waals surface area (Å²) in [5, 5.41) is 0. The Hall–Kier alpha value is -1.72. The van der Waals surface area contributed by atoms with E-state index in [-0.39, 0.29) is 62.1 Å². The SMILES string of the molecule is CCS(=O)(=O)N1CCN(C2(Cc3cc(F)c(F)cc3C(N)=O)CCC(F)(F)CC2)CC1. The van der Waals surface area contributed by atoms with Crippen molar-refractivity contribution in [1.82, 2.24) is 9.21 Å². The smallest absolute Gasteiger partial charge is 0.249 e. The summed E-state index contributed by atoms with van der Waals surface area (Å²) in [7, 11) is -3.37. The van der Waals surface area contributed by atoms with Crippen LogP contribution in [0.25, 0.3) is 0 Å². The molecule has 1 aromatic carbocycles. The van der Waals surface area contributed by atoms with E-state index in [0.717, 1.165) is 12.1 Å². The van der Waals surface area contributed by atoms with Crippen LogP contribution in [0.4, 0.5) is 17.6 Å². The highest BCUT2D eigenvalue weighted by Gasteiger charge is 2.48. The second-order valence-electron chi connectivity index (χ2n) is 8.33. The molecule has 0 radical (unpaired) electrons. The topological polar surface area (TPSA) is 83.7 Å². The Kier molecular flexibility index (Phi) is 6.69. The Morgan fingerprint density at radius 1 is 1.03 bits per heavy atom. The number of halogens is 4. The summed E-state index contributed by atoms with van der Waals surface area (Å²) in [6.45, 7) is 2.63. The average molecular weight is 466 g/mol. The molecule has 0 bridgehead atoms. The fourth-order valence-electron chi connectivity index (χ4n) is 4.63. The second-order valence-corrected chi connectivity index (χ2v) is 10.6. The predicted octanol–water partition coefficient (Wildman–Crippen LogP) is 2.52. The van der Waals surface area contributed by atoms with E-state index in [1.54, 1.807) is 6.92 Å². The maximum atomic E-state index is 14.0. The van der Waals surface area contributed by atoms with Gasteiger partial charge in [-0.05, 0) is 43.9 Å². The number of rotatable bonds is 6. The highest BCUT2D eigenvalue weighted by molar-refractivity contribution is 7.89. The van der Waals surface area contributed by atoms with E-state index in [1.165, 1.54) is 4.31 Å². The number of alkyl halides is 2. The van der Waals surface area contributed by atoms with Gasteiger partial charge in [0.1, 0.15) is 0 Å². The maximum Gasteiger partial charge on any atom is 0.249 e. The Bertz CT molecular complexity index is 937. The van der Waals surface area contributed by atoms with Crippen molar-refractivity contribution in [1.29, 1.82) is 0 Å². The molecule has 11 heteroatoms. The van der Waals surface area contributed by atoms with Crippen LogP contribution >= 0.6 is 0 Å². The molecule has 1 saturated heterocycles. The molecule has 0 unspecified atom stereocenters. The lowest BCUT2D eigenvalue weighted by Crippen LogP contribution is -2.60. The molecule has 3 rings (SSSR count). The largest absolute Gasteiger partial charge is 0.366 e. The Morgan fingerprint density at radius 2 is 1.58 bits per heavy atom. The summed E-state index contributed by atoms with van der Waals surface area (Å²) in [5.74, 6) is -6.13. The van der Waals surface area contributed by atoms with E-state index in [1.807, 2.05) is 4.90 Å². The first-order chi connectivity index (χ1) is 14.4. The van der Waals surface area contributed by atoms with Gasteiger partial charge in [-0.15, -0.1) is 0 Å². The van der Waals surface area contributed by atoms with E-state index >= 15 is 0 Å². The number of carbonyl (C=O) groups excluding carboxylic acids is 1. The third-order valence-electron chi connectivity index (χ3n) is 6.51. The number of piperazine rings is 1. The number of hydrogen-bond acceptors (Lipinski definition) is 4. The van der Waals surface area contributed by atoms with E-state index < -0.39 is 39.0 Å². The van der Waals surface area contributed by atoms with Crippen molar-refractivity contribution in [3.05, 3.63) is 34.9 Å². The first-order valence-electron chi connectivity index (χ1n) is 10.3. The number of nitrogens with zero attached hydrogens (tertiary/aromatic N) is 2. The molecule has 2 N–H and O–H groups in total. The zero-order chi connectivity index (χ0) is 23.0. The van der Waals surface area contributed by atoms with Crippen LogP contribution in [0.2, 0.25) is 0 Å². The van der Waals surface area contributed by atoms with E-state index in [0.29, 0.717) is 13.1 Å². The lowest BCUT2D eigenvalue weighted by atomic mass is 9.74. The quantitative estimate of drug-likeness (QED) is 0.655. The third-order valence-corrected chi connectivity index (χ3v) is 8.39. The van der Waals surface area contributed by atoms with Gasteiger partial charge in [0.15, 0.2) is 11.6 Å². The van der Waals surface area contributed by atoms with E-state index in [4.69, 9.17) is 5.73 Å². The number of hydrogen-bond donors (Lipinski definition) is 1. The first kappa shape index (κ1) is 23.9. The molecule has 0 aromatic heterocycles. The summed E-state index contributed by atoms with van der Waals surface area (Å²) < 4.78 is 81.2. The minimum Gasteiger partial charge on any atom is -0.366 e. The molecular formula is C20H27F4N3O3S. The van der Waals surface area contributed by atoms with Crippen LogP contribution in [0.3, 0.4) is 0 Å². The molecule has 2 fully saturated rings. The molecule has 1 heterocycles. The fraction of sp³-hybridized carbons (Fsp3) is 0.650. The van der Waals surface area contributed by atoms with Crippen LogP contribution in [0, 0.1) is 11.6 Å². The number of sulfonamides is 1. The van der Waals surface area contributed by atoms with Crippen molar-refractivity contribution < 1.29 is 30.8 Å². The molecular weight excluding hydrogens is 438 g/mol. The highest BCUT2D eigenvalue weighted by Crippen LogP contribution is 2.44. The molecule has 6 nitrogen and oxygen atoms in total. The van der Waals surface area contributed by atoms with Crippen molar-refractivity contribution in [2.45, 2.75) is 50.5 Å². The first-order valence-corrected chi connectivity index (χ1v) is 11.9. The van der Waals surface area contributed by atoms with Crippen molar-refractivity contribution in [2.24, 2.45) is 5.73 Å². The van der Waals surface area contributed by atoms with Gasteiger partial charge in [0.2, 0.25) is 21.9 Å². The average Bonchev–Trinajstić information content (AvgIpc) is 2.72. The van der Waals surface area contributed by atoms with Gasteiger partial charge in [0.05, 0.1) is 5.75 Å². The van der Waals surface area contributed by atoms with Gasteiger partial charge in [-0.1, -0.05) is 0 Å². The fourth-order valence-corrected chi connectivity index (χ4v) is 5.71. The van der Waals surface area contributed by atoms with Crippen LogP contribution in [0.15, 0.2) is 12.1 Å². The Labute approximate surface area is 179 Å². The van der Waals surface area contributed by atoms with E-state index in [2.05, 4.69) is 0 Å². The third kappa shape index (κ3) is 5.04. The van der Waals surface area contributed by atoms with Gasteiger partial charge < -0.3 is 5.73 Å². The lowest BCUT2D eigenvalue weighted by Gasteiger charge is -2.51. The normalized spacial score (nSPS) is 22.4. The van der Waals surface area contributed by atoms with Gasteiger partial charge in [0, 0.05) is 50.1 Å². The minimum atomic E-state index is -3.37. The molecule has 1 saturated carbocycles. The zero-order valence-corrected chi connectivity index (χ0v) is 18.2. The number of carbonyl (C=O) groups is 1. The molecule has 174 valence electrons. The molecule has 0 atom stereocenters. The van der Waals surface area contributed by atoms with Gasteiger partial charge in [-0.3, -0.25) is 9.69 Å². The standard InChI is InChI=1S/C20H27F4N3O3S/c1-2-31(29,30)27-9-7-26(8-10-27)19(3-5-20(23,24)6-4-19)13-14-11-16(21)17(22)12-15(14)18(25)28/h11-12H,2-10,13H2,1H3,(H2,25,28). The molecule has 1 amide bonds. The van der Waals surface area contributed by atoms with E-state index in [9.17, 15) is 30.8 Å². The van der Waals surface area contributed by atoms with Crippen LogP contribution < -0.4 is 5.73 Å². The number of primary amides is 1. The Balaban J connectivity index is 1.92. The minimum absolute atomic E-state index is 0.0266. The summed E-state index contributed by atoms with van der Waals surface area (Å²) in [6.07, 6.45) is -0.555. The van der Waals surface area contributed by atoms with Gasteiger partial charge in [-0.25, -0.2) is 26.0 Å². The number of amides is 1. The van der Waals surface area contributed by atoms with Crippen LogP contribution in [0.5, 0.6) is 0 Å². The predicted molar refractivity (Wildman–Crippen MR) is 107 cm³/mol. The molecule has 1 aliphatic carbocycles. The van der Waals surface area contributed by atoms with Crippen LogP contribution in [-0.2, 0) is 16.4 Å².